The molecule has 2 heterocycles. The van der Waals surface area contributed by atoms with Gasteiger partial charge in [-0.25, -0.2) is 9.37 Å². The summed E-state index contributed by atoms with van der Waals surface area (Å²) in [6.45, 7) is 2.59. The van der Waals surface area contributed by atoms with Gasteiger partial charge in [0.25, 0.3) is 0 Å². The molecule has 106 valence electrons. The molecule has 0 saturated carbocycles. The van der Waals surface area contributed by atoms with Crippen molar-refractivity contribution < 1.29 is 8.81 Å². The Morgan fingerprint density at radius 3 is 2.90 bits per heavy atom. The fourth-order valence-electron chi connectivity index (χ4n) is 2.56. The maximum Gasteiger partial charge on any atom is 0.209 e. The Morgan fingerprint density at radius 1 is 1.35 bits per heavy atom. The number of nitrogens with two attached hydrogens (primary N) is 1. The first-order chi connectivity index (χ1) is 9.70. The summed E-state index contributed by atoms with van der Waals surface area (Å²) in [6.07, 6.45) is 3.89. The van der Waals surface area contributed by atoms with Gasteiger partial charge in [0.05, 0.1) is 12.7 Å². The average Bonchev–Trinajstić information content (AvgIpc) is 2.88. The van der Waals surface area contributed by atoms with Crippen LogP contribution in [0.15, 0.2) is 34.9 Å². The SMILES string of the molecule is N[C@@H]1CCCN(Cc2ncc(-c3ccc(F)cc3)o2)C1. The molecule has 0 unspecified atom stereocenters. The van der Waals surface area contributed by atoms with Gasteiger partial charge in [-0.3, -0.25) is 4.90 Å². The van der Waals surface area contributed by atoms with Gasteiger partial charge in [-0.15, -0.1) is 0 Å². The predicted molar refractivity (Wildman–Crippen MR) is 74.4 cm³/mol. The molecule has 20 heavy (non-hydrogen) atoms. The number of likely N-dealkylation sites (tertiary alicyclic amines) is 1. The molecular formula is C15H18FN3O. The Balaban J connectivity index is 1.69. The summed E-state index contributed by atoms with van der Waals surface area (Å²) in [5.74, 6) is 1.09. The quantitative estimate of drug-likeness (QED) is 0.934. The Hall–Kier alpha value is -1.72. The summed E-state index contributed by atoms with van der Waals surface area (Å²) in [7, 11) is 0. The van der Waals surface area contributed by atoms with Crippen LogP contribution in [-0.4, -0.2) is 29.0 Å². The third-order valence-electron chi connectivity index (χ3n) is 3.58. The van der Waals surface area contributed by atoms with Crippen molar-refractivity contribution in [1.82, 2.24) is 9.88 Å². The van der Waals surface area contributed by atoms with Gasteiger partial charge in [0, 0.05) is 18.2 Å². The lowest BCUT2D eigenvalue weighted by atomic mass is 10.1. The lowest BCUT2D eigenvalue weighted by molar-refractivity contribution is 0.185. The zero-order valence-corrected chi connectivity index (χ0v) is 11.3. The number of hydrogen-bond acceptors (Lipinski definition) is 4. The molecule has 1 atom stereocenters. The van der Waals surface area contributed by atoms with Crippen molar-refractivity contribution in [1.29, 1.82) is 0 Å². The Labute approximate surface area is 117 Å². The van der Waals surface area contributed by atoms with Crippen LogP contribution < -0.4 is 5.73 Å². The van der Waals surface area contributed by atoms with Gasteiger partial charge in [-0.2, -0.15) is 0 Å². The maximum absolute atomic E-state index is 12.9. The summed E-state index contributed by atoms with van der Waals surface area (Å²) in [6, 6.07) is 6.46. The summed E-state index contributed by atoms with van der Waals surface area (Å²) < 4.78 is 18.6. The van der Waals surface area contributed by atoms with E-state index in [0.29, 0.717) is 18.2 Å². The van der Waals surface area contributed by atoms with Crippen LogP contribution in [-0.2, 0) is 6.54 Å². The maximum atomic E-state index is 12.9. The van der Waals surface area contributed by atoms with Crippen LogP contribution in [0.1, 0.15) is 18.7 Å². The first-order valence-electron chi connectivity index (χ1n) is 6.89. The number of halogens is 1. The molecule has 1 aliphatic heterocycles. The molecule has 2 aromatic rings. The monoisotopic (exact) mass is 275 g/mol. The molecule has 1 aliphatic rings. The van der Waals surface area contributed by atoms with Gasteiger partial charge in [0.15, 0.2) is 5.76 Å². The van der Waals surface area contributed by atoms with E-state index in [1.54, 1.807) is 18.3 Å². The van der Waals surface area contributed by atoms with Crippen LogP contribution in [0, 0.1) is 5.82 Å². The second kappa shape index (κ2) is 5.73. The molecule has 1 saturated heterocycles. The van der Waals surface area contributed by atoms with E-state index in [1.165, 1.54) is 12.1 Å². The van der Waals surface area contributed by atoms with Crippen LogP contribution >= 0.6 is 0 Å². The standard InChI is InChI=1S/C15H18FN3O/c16-12-5-3-11(4-6-12)14-8-18-15(20-14)10-19-7-1-2-13(17)9-19/h3-6,8,13H,1-2,7,9-10,17H2/t13-/m1/s1. The highest BCUT2D eigenvalue weighted by atomic mass is 19.1. The Morgan fingerprint density at radius 2 is 2.15 bits per heavy atom. The van der Waals surface area contributed by atoms with E-state index in [9.17, 15) is 4.39 Å². The topological polar surface area (TPSA) is 55.3 Å². The van der Waals surface area contributed by atoms with Gasteiger partial charge < -0.3 is 10.2 Å². The number of benzene rings is 1. The fourth-order valence-corrected chi connectivity index (χ4v) is 2.56. The third-order valence-corrected chi connectivity index (χ3v) is 3.58. The molecule has 0 bridgehead atoms. The van der Waals surface area contributed by atoms with Crippen LogP contribution in [0.3, 0.4) is 0 Å². The highest BCUT2D eigenvalue weighted by Gasteiger charge is 2.18. The van der Waals surface area contributed by atoms with Crippen molar-refractivity contribution in [3.8, 4) is 11.3 Å². The minimum absolute atomic E-state index is 0.246. The summed E-state index contributed by atoms with van der Waals surface area (Å²) in [5.41, 5.74) is 6.79. The van der Waals surface area contributed by atoms with E-state index in [1.807, 2.05) is 0 Å². The Bertz CT molecular complexity index is 567. The molecule has 1 aromatic heterocycles. The highest BCUT2D eigenvalue weighted by Crippen LogP contribution is 2.21. The van der Waals surface area contributed by atoms with Crippen LogP contribution in [0.4, 0.5) is 4.39 Å². The lowest BCUT2D eigenvalue weighted by Crippen LogP contribution is -2.42. The van der Waals surface area contributed by atoms with E-state index < -0.39 is 0 Å². The molecule has 0 spiro atoms. The summed E-state index contributed by atoms with van der Waals surface area (Å²) in [4.78, 5) is 6.55. The summed E-state index contributed by atoms with van der Waals surface area (Å²) in [5, 5.41) is 0. The number of rotatable bonds is 3. The minimum atomic E-state index is -0.254. The van der Waals surface area contributed by atoms with Crippen LogP contribution in [0.25, 0.3) is 11.3 Å². The van der Waals surface area contributed by atoms with Crippen molar-refractivity contribution >= 4 is 0 Å². The molecule has 3 rings (SSSR count). The van der Waals surface area contributed by atoms with Gasteiger partial charge in [-0.1, -0.05) is 0 Å². The molecule has 0 radical (unpaired) electrons. The fraction of sp³-hybridized carbons (Fsp3) is 0.400. The zero-order chi connectivity index (χ0) is 13.9. The van der Waals surface area contributed by atoms with Crippen molar-refractivity contribution in [3.63, 3.8) is 0 Å². The van der Waals surface area contributed by atoms with Gasteiger partial charge in [-0.05, 0) is 43.7 Å². The smallest absolute Gasteiger partial charge is 0.209 e. The average molecular weight is 275 g/mol. The van der Waals surface area contributed by atoms with Gasteiger partial charge in [0.2, 0.25) is 5.89 Å². The van der Waals surface area contributed by atoms with Crippen molar-refractivity contribution in [2.24, 2.45) is 5.73 Å². The van der Waals surface area contributed by atoms with Crippen molar-refractivity contribution in [2.75, 3.05) is 13.1 Å². The molecule has 0 amide bonds. The number of hydrogen-bond donors (Lipinski definition) is 1. The number of oxazole rings is 1. The van der Waals surface area contributed by atoms with Crippen LogP contribution in [0.5, 0.6) is 0 Å². The first-order valence-corrected chi connectivity index (χ1v) is 6.89. The van der Waals surface area contributed by atoms with E-state index in [4.69, 9.17) is 10.2 Å². The minimum Gasteiger partial charge on any atom is -0.439 e. The van der Waals surface area contributed by atoms with Gasteiger partial charge in [0.1, 0.15) is 5.82 Å². The third kappa shape index (κ3) is 3.05. The summed E-state index contributed by atoms with van der Waals surface area (Å²) >= 11 is 0. The molecule has 1 aromatic carbocycles. The molecule has 1 fully saturated rings. The second-order valence-corrected chi connectivity index (χ2v) is 5.26. The number of piperidine rings is 1. The van der Waals surface area contributed by atoms with E-state index in [0.717, 1.165) is 31.5 Å². The number of nitrogens with zero attached hydrogens (tertiary/aromatic N) is 2. The van der Waals surface area contributed by atoms with Crippen molar-refractivity contribution in [2.45, 2.75) is 25.4 Å². The molecular weight excluding hydrogens is 257 g/mol. The van der Waals surface area contributed by atoms with Gasteiger partial charge >= 0.3 is 0 Å². The highest BCUT2D eigenvalue weighted by molar-refractivity contribution is 5.55. The van der Waals surface area contributed by atoms with E-state index >= 15 is 0 Å². The second-order valence-electron chi connectivity index (χ2n) is 5.26. The first kappa shape index (κ1) is 13.3. The number of aromatic nitrogens is 1. The van der Waals surface area contributed by atoms with E-state index in [2.05, 4.69) is 9.88 Å². The van der Waals surface area contributed by atoms with Crippen molar-refractivity contribution in [3.05, 3.63) is 42.2 Å². The largest absolute Gasteiger partial charge is 0.439 e. The molecule has 2 N–H and O–H groups in total. The lowest BCUT2D eigenvalue weighted by Gasteiger charge is -2.29. The Kier molecular flexibility index (Phi) is 3.80. The molecule has 5 heteroatoms. The van der Waals surface area contributed by atoms with Crippen LogP contribution in [0.2, 0.25) is 0 Å². The predicted octanol–water partition coefficient (Wildman–Crippen LogP) is 2.40. The van der Waals surface area contributed by atoms with E-state index in [-0.39, 0.29) is 11.9 Å². The normalized spacial score (nSPS) is 20.2. The molecule has 0 aliphatic carbocycles. The zero-order valence-electron chi connectivity index (χ0n) is 11.3. The molecule has 4 nitrogen and oxygen atoms in total.